The first-order valence-corrected chi connectivity index (χ1v) is 6.88. The first-order chi connectivity index (χ1) is 9.40. The summed E-state index contributed by atoms with van der Waals surface area (Å²) in [5, 5.41) is 2.74. The van der Waals surface area contributed by atoms with Gasteiger partial charge in [0.1, 0.15) is 11.6 Å². The number of hydrogen-bond acceptors (Lipinski definition) is 2. The molecule has 3 nitrogen and oxygen atoms in total. The second kappa shape index (κ2) is 7.94. The Morgan fingerprint density at radius 2 is 1.90 bits per heavy atom. The maximum atomic E-state index is 13.5. The normalized spacial score (nSPS) is 13.8. The Labute approximate surface area is 118 Å². The van der Waals surface area contributed by atoms with E-state index < -0.39 is 11.6 Å². The summed E-state index contributed by atoms with van der Waals surface area (Å²) in [5.74, 6) is -1.28. The highest BCUT2D eigenvalue weighted by molar-refractivity contribution is 5.76. The number of nitrogens with one attached hydrogen (secondary N) is 1. The van der Waals surface area contributed by atoms with Gasteiger partial charge in [0.15, 0.2) is 0 Å². The van der Waals surface area contributed by atoms with Gasteiger partial charge in [0.05, 0.1) is 0 Å². The summed E-state index contributed by atoms with van der Waals surface area (Å²) in [7, 11) is 0. The van der Waals surface area contributed by atoms with Crippen molar-refractivity contribution < 1.29 is 13.6 Å². The molecule has 1 aromatic carbocycles. The number of benzene rings is 1. The van der Waals surface area contributed by atoms with E-state index in [1.807, 2.05) is 6.92 Å². The lowest BCUT2D eigenvalue weighted by Crippen LogP contribution is -2.34. The molecule has 0 aliphatic heterocycles. The second-order valence-electron chi connectivity index (χ2n) is 5.24. The van der Waals surface area contributed by atoms with Crippen LogP contribution in [-0.2, 0) is 11.2 Å². The Morgan fingerprint density at radius 3 is 2.45 bits per heavy atom. The van der Waals surface area contributed by atoms with E-state index in [0.717, 1.165) is 6.42 Å². The van der Waals surface area contributed by atoms with Crippen LogP contribution in [0.15, 0.2) is 18.2 Å². The Bertz CT molecular complexity index is 429. The van der Waals surface area contributed by atoms with Crippen LogP contribution in [0.3, 0.4) is 0 Å². The van der Waals surface area contributed by atoms with Crippen molar-refractivity contribution in [1.29, 1.82) is 0 Å². The van der Waals surface area contributed by atoms with E-state index in [1.54, 1.807) is 6.92 Å². The van der Waals surface area contributed by atoms with Crippen LogP contribution in [0, 0.1) is 11.6 Å². The van der Waals surface area contributed by atoms with Crippen molar-refractivity contribution in [1.82, 2.24) is 5.32 Å². The number of hydrogen-bond donors (Lipinski definition) is 2. The molecule has 1 rings (SSSR count). The third kappa shape index (κ3) is 5.65. The van der Waals surface area contributed by atoms with Crippen molar-refractivity contribution in [3.63, 3.8) is 0 Å². The summed E-state index contributed by atoms with van der Waals surface area (Å²) in [5.41, 5.74) is 5.61. The largest absolute Gasteiger partial charge is 0.353 e. The van der Waals surface area contributed by atoms with E-state index in [1.165, 1.54) is 18.2 Å². The van der Waals surface area contributed by atoms with Crippen molar-refractivity contribution in [2.24, 2.45) is 5.73 Å². The molecule has 5 heteroatoms. The minimum absolute atomic E-state index is 0.0101. The minimum Gasteiger partial charge on any atom is -0.353 e. The second-order valence-corrected chi connectivity index (χ2v) is 5.24. The molecule has 0 saturated carbocycles. The van der Waals surface area contributed by atoms with Crippen LogP contribution in [0.2, 0.25) is 0 Å². The first-order valence-electron chi connectivity index (χ1n) is 6.88. The molecular formula is C15H22F2N2O. The quantitative estimate of drug-likeness (QED) is 0.808. The summed E-state index contributed by atoms with van der Waals surface area (Å²) in [6.07, 6.45) is 2.01. The van der Waals surface area contributed by atoms with Crippen LogP contribution in [-0.4, -0.2) is 18.0 Å². The van der Waals surface area contributed by atoms with Gasteiger partial charge in [0.25, 0.3) is 0 Å². The lowest BCUT2D eigenvalue weighted by molar-refractivity contribution is -0.121. The van der Waals surface area contributed by atoms with Gasteiger partial charge in [-0.15, -0.1) is 0 Å². The van der Waals surface area contributed by atoms with Gasteiger partial charge >= 0.3 is 0 Å². The molecule has 0 aliphatic carbocycles. The average Bonchev–Trinajstić information content (AvgIpc) is 2.33. The fourth-order valence-corrected chi connectivity index (χ4v) is 2.02. The van der Waals surface area contributed by atoms with Gasteiger partial charge in [0, 0.05) is 24.1 Å². The molecule has 0 heterocycles. The molecule has 0 fully saturated rings. The van der Waals surface area contributed by atoms with Gasteiger partial charge in [-0.05, 0) is 45.2 Å². The Hall–Kier alpha value is -1.49. The van der Waals surface area contributed by atoms with Crippen LogP contribution >= 0.6 is 0 Å². The molecule has 1 aromatic rings. The summed E-state index contributed by atoms with van der Waals surface area (Å²) >= 11 is 0. The van der Waals surface area contributed by atoms with E-state index in [0.29, 0.717) is 12.8 Å². The first kappa shape index (κ1) is 16.6. The molecule has 0 spiro atoms. The number of amides is 1. The Kier molecular flexibility index (Phi) is 6.58. The number of halogens is 2. The fourth-order valence-electron chi connectivity index (χ4n) is 2.02. The predicted molar refractivity (Wildman–Crippen MR) is 75.2 cm³/mol. The van der Waals surface area contributed by atoms with E-state index in [9.17, 15) is 13.6 Å². The number of carbonyl (C=O) groups excluding carboxylic acids is 1. The molecule has 2 unspecified atom stereocenters. The molecule has 20 heavy (non-hydrogen) atoms. The van der Waals surface area contributed by atoms with Crippen LogP contribution < -0.4 is 11.1 Å². The van der Waals surface area contributed by atoms with Crippen LogP contribution in [0.5, 0.6) is 0 Å². The number of carbonyl (C=O) groups is 1. The zero-order chi connectivity index (χ0) is 15.1. The average molecular weight is 284 g/mol. The molecule has 0 bridgehead atoms. The van der Waals surface area contributed by atoms with Crippen molar-refractivity contribution in [2.75, 3.05) is 0 Å². The standard InChI is InChI=1S/C15H22F2N2O/c1-10(18)5-3-8-15(20)19-11(2)9-12-13(16)6-4-7-14(12)17/h4,6-7,10-11H,3,5,8-9,18H2,1-2H3,(H,19,20). The monoisotopic (exact) mass is 284 g/mol. The topological polar surface area (TPSA) is 55.1 Å². The highest BCUT2D eigenvalue weighted by atomic mass is 19.1. The smallest absolute Gasteiger partial charge is 0.220 e. The van der Waals surface area contributed by atoms with Gasteiger partial charge in [-0.25, -0.2) is 8.78 Å². The van der Waals surface area contributed by atoms with Crippen molar-refractivity contribution in [3.05, 3.63) is 35.4 Å². The van der Waals surface area contributed by atoms with Gasteiger partial charge in [-0.1, -0.05) is 6.07 Å². The fraction of sp³-hybridized carbons (Fsp3) is 0.533. The molecule has 112 valence electrons. The van der Waals surface area contributed by atoms with E-state index in [-0.39, 0.29) is 30.0 Å². The third-order valence-corrected chi connectivity index (χ3v) is 3.04. The van der Waals surface area contributed by atoms with Gasteiger partial charge in [-0.2, -0.15) is 0 Å². The van der Waals surface area contributed by atoms with Gasteiger partial charge in [-0.3, -0.25) is 4.79 Å². The van der Waals surface area contributed by atoms with Gasteiger partial charge in [0.2, 0.25) is 5.91 Å². The highest BCUT2D eigenvalue weighted by Crippen LogP contribution is 2.14. The molecular weight excluding hydrogens is 262 g/mol. The SMILES string of the molecule is CC(N)CCCC(=O)NC(C)Cc1c(F)cccc1F. The highest BCUT2D eigenvalue weighted by Gasteiger charge is 2.14. The molecule has 0 radical (unpaired) electrons. The summed E-state index contributed by atoms with van der Waals surface area (Å²) in [4.78, 5) is 11.7. The Balaban J connectivity index is 2.43. The van der Waals surface area contributed by atoms with Crippen LogP contribution in [0.1, 0.15) is 38.7 Å². The zero-order valence-corrected chi connectivity index (χ0v) is 12.0. The maximum Gasteiger partial charge on any atom is 0.220 e. The molecule has 0 aliphatic rings. The number of rotatable bonds is 7. The molecule has 1 amide bonds. The van der Waals surface area contributed by atoms with E-state index >= 15 is 0 Å². The molecule has 3 N–H and O–H groups in total. The minimum atomic E-state index is -0.581. The lowest BCUT2D eigenvalue weighted by Gasteiger charge is -2.15. The van der Waals surface area contributed by atoms with E-state index in [2.05, 4.69) is 5.32 Å². The maximum absolute atomic E-state index is 13.5. The third-order valence-electron chi connectivity index (χ3n) is 3.04. The van der Waals surface area contributed by atoms with Gasteiger partial charge < -0.3 is 11.1 Å². The van der Waals surface area contributed by atoms with Crippen molar-refractivity contribution in [3.8, 4) is 0 Å². The summed E-state index contributed by atoms with van der Waals surface area (Å²) in [6.45, 7) is 3.62. The van der Waals surface area contributed by atoms with Crippen LogP contribution in [0.4, 0.5) is 8.78 Å². The molecule has 2 atom stereocenters. The molecule has 0 aromatic heterocycles. The summed E-state index contributed by atoms with van der Waals surface area (Å²) in [6, 6.07) is 3.52. The van der Waals surface area contributed by atoms with Crippen molar-refractivity contribution >= 4 is 5.91 Å². The molecule has 0 saturated heterocycles. The van der Waals surface area contributed by atoms with E-state index in [4.69, 9.17) is 5.73 Å². The lowest BCUT2D eigenvalue weighted by atomic mass is 10.1. The number of nitrogens with two attached hydrogens (primary N) is 1. The predicted octanol–water partition coefficient (Wildman–Crippen LogP) is 2.53. The summed E-state index contributed by atoms with van der Waals surface area (Å²) < 4.78 is 26.9. The van der Waals surface area contributed by atoms with Crippen LogP contribution in [0.25, 0.3) is 0 Å². The zero-order valence-electron chi connectivity index (χ0n) is 12.0. The Morgan fingerprint density at radius 1 is 1.30 bits per heavy atom. The van der Waals surface area contributed by atoms with Crippen molar-refractivity contribution in [2.45, 2.75) is 51.6 Å².